The summed E-state index contributed by atoms with van der Waals surface area (Å²) in [6.45, 7) is 0. The van der Waals surface area contributed by atoms with Crippen LogP contribution in [0.5, 0.6) is 11.5 Å². The van der Waals surface area contributed by atoms with Crippen molar-refractivity contribution in [3.05, 3.63) is 92.4 Å². The van der Waals surface area contributed by atoms with Gasteiger partial charge in [0, 0.05) is 22.0 Å². The fourth-order valence-corrected chi connectivity index (χ4v) is 5.26. The molecule has 3 aromatic carbocycles. The number of hydrogen-bond acceptors (Lipinski definition) is 4. The van der Waals surface area contributed by atoms with Crippen LogP contribution in [0.25, 0.3) is 0 Å². The van der Waals surface area contributed by atoms with E-state index in [9.17, 15) is 0 Å². The summed E-state index contributed by atoms with van der Waals surface area (Å²) in [4.78, 5) is 0. The Balaban J connectivity index is 1.61. The van der Waals surface area contributed by atoms with E-state index in [0.29, 0.717) is 0 Å². The molecule has 0 aromatic heterocycles. The van der Waals surface area contributed by atoms with Crippen LogP contribution < -0.4 is 9.47 Å². The highest BCUT2D eigenvalue weighted by Crippen LogP contribution is 2.50. The Morgan fingerprint density at radius 3 is 2.52 bits per heavy atom. The third kappa shape index (κ3) is 3.34. The second kappa shape index (κ2) is 7.50. The van der Waals surface area contributed by atoms with E-state index in [2.05, 4.69) is 55.1 Å². The van der Waals surface area contributed by atoms with Crippen molar-refractivity contribution in [3.8, 4) is 11.5 Å². The minimum Gasteiger partial charge on any atom is -0.497 e. The van der Waals surface area contributed by atoms with E-state index < -0.39 is 0 Å². The zero-order chi connectivity index (χ0) is 20.0. The highest BCUT2D eigenvalue weighted by Gasteiger charge is 2.41. The first-order valence-electron chi connectivity index (χ1n) is 9.35. The maximum atomic E-state index is 6.49. The van der Waals surface area contributed by atoms with Crippen molar-refractivity contribution in [2.45, 2.75) is 18.7 Å². The molecule has 0 saturated carbocycles. The number of ether oxygens (including phenoxy) is 2. The van der Waals surface area contributed by atoms with Crippen molar-refractivity contribution < 1.29 is 9.47 Å². The predicted octanol–water partition coefficient (Wildman–Crippen LogP) is 6.46. The summed E-state index contributed by atoms with van der Waals surface area (Å²) in [6, 6.07) is 22.6. The minimum atomic E-state index is -0.308. The molecule has 0 amide bonds. The van der Waals surface area contributed by atoms with Gasteiger partial charge in [0.2, 0.25) is 6.23 Å². The van der Waals surface area contributed by atoms with Crippen LogP contribution in [0, 0.1) is 0 Å². The molecule has 29 heavy (non-hydrogen) atoms. The predicted molar refractivity (Wildman–Crippen MR) is 120 cm³/mol. The van der Waals surface area contributed by atoms with Gasteiger partial charge < -0.3 is 9.47 Å². The summed E-state index contributed by atoms with van der Waals surface area (Å²) >= 11 is 7.30. The van der Waals surface area contributed by atoms with E-state index in [1.54, 1.807) is 7.11 Å². The van der Waals surface area contributed by atoms with Gasteiger partial charge >= 0.3 is 0 Å². The van der Waals surface area contributed by atoms with Gasteiger partial charge in [-0.2, -0.15) is 5.10 Å². The zero-order valence-electron chi connectivity index (χ0n) is 15.7. The van der Waals surface area contributed by atoms with E-state index in [0.717, 1.165) is 49.3 Å². The summed E-state index contributed by atoms with van der Waals surface area (Å²) in [5.41, 5.74) is 4.38. The Bertz CT molecular complexity index is 1080. The maximum absolute atomic E-state index is 6.49. The lowest BCUT2D eigenvalue weighted by Gasteiger charge is -2.38. The molecule has 0 saturated heterocycles. The van der Waals surface area contributed by atoms with Crippen molar-refractivity contribution in [2.75, 3.05) is 7.11 Å². The average Bonchev–Trinajstić information content (AvgIpc) is 3.20. The monoisotopic (exact) mass is 512 g/mol. The second-order valence-electron chi connectivity index (χ2n) is 7.06. The number of nitrogens with zero attached hydrogens (tertiary/aromatic N) is 2. The fraction of sp³-hybridized carbons (Fsp3) is 0.174. The topological polar surface area (TPSA) is 34.1 Å². The van der Waals surface area contributed by atoms with Crippen LogP contribution in [0.4, 0.5) is 0 Å². The first-order valence-corrected chi connectivity index (χ1v) is 10.9. The third-order valence-corrected chi connectivity index (χ3v) is 6.36. The van der Waals surface area contributed by atoms with Gasteiger partial charge in [0.15, 0.2) is 0 Å². The van der Waals surface area contributed by atoms with E-state index in [1.165, 1.54) is 0 Å². The first kappa shape index (κ1) is 18.7. The van der Waals surface area contributed by atoms with Crippen molar-refractivity contribution >= 4 is 37.6 Å². The Morgan fingerprint density at radius 1 is 1.03 bits per heavy atom. The first-order chi connectivity index (χ1) is 14.1. The van der Waals surface area contributed by atoms with Gasteiger partial charge in [-0.3, -0.25) is 0 Å². The molecule has 5 rings (SSSR count). The molecule has 0 fully saturated rings. The molecule has 0 radical (unpaired) electrons. The lowest BCUT2D eigenvalue weighted by molar-refractivity contribution is -0.0197. The smallest absolute Gasteiger partial charge is 0.213 e. The van der Waals surface area contributed by atoms with Gasteiger partial charge in [-0.1, -0.05) is 46.3 Å². The lowest BCUT2D eigenvalue weighted by Crippen LogP contribution is -2.33. The van der Waals surface area contributed by atoms with Crippen LogP contribution in [0.1, 0.15) is 35.4 Å². The largest absolute Gasteiger partial charge is 0.497 e. The Kier molecular flexibility index (Phi) is 4.84. The quantitative estimate of drug-likeness (QED) is 0.403. The number of fused-ring (bicyclic) bond motifs is 3. The highest BCUT2D eigenvalue weighted by molar-refractivity contribution is 9.11. The zero-order valence-corrected chi connectivity index (χ0v) is 18.9. The normalized spacial score (nSPS) is 19.8. The van der Waals surface area contributed by atoms with E-state index in [-0.39, 0.29) is 12.3 Å². The van der Waals surface area contributed by atoms with Gasteiger partial charge in [0.25, 0.3) is 0 Å². The number of methoxy groups -OCH3 is 1. The van der Waals surface area contributed by atoms with Gasteiger partial charge in [-0.15, -0.1) is 0 Å². The number of benzene rings is 3. The van der Waals surface area contributed by atoms with E-state index in [1.807, 2.05) is 48.5 Å². The molecule has 0 bridgehead atoms. The summed E-state index contributed by atoms with van der Waals surface area (Å²) in [7, 11) is 1.67. The Morgan fingerprint density at radius 2 is 1.79 bits per heavy atom. The number of rotatable bonds is 3. The average molecular weight is 514 g/mol. The van der Waals surface area contributed by atoms with Crippen molar-refractivity contribution in [1.82, 2.24) is 5.01 Å². The third-order valence-electron chi connectivity index (χ3n) is 5.32. The molecule has 0 unspecified atom stereocenters. The van der Waals surface area contributed by atoms with Crippen LogP contribution in [-0.4, -0.2) is 17.8 Å². The van der Waals surface area contributed by atoms with E-state index in [4.69, 9.17) is 14.6 Å². The van der Waals surface area contributed by atoms with Gasteiger partial charge in [0.05, 0.1) is 23.3 Å². The molecular formula is C23H18Br2N2O2. The lowest BCUT2D eigenvalue weighted by atomic mass is 9.96. The SMILES string of the molecule is COc1ccc([C@@H]2Oc3c(Br)cc(Br)cc3[C@H]3CC(c4ccccc4)=NN32)cc1. The number of hydrazone groups is 1. The molecule has 2 heterocycles. The van der Waals surface area contributed by atoms with Crippen molar-refractivity contribution in [1.29, 1.82) is 0 Å². The van der Waals surface area contributed by atoms with Crippen LogP contribution >= 0.6 is 31.9 Å². The van der Waals surface area contributed by atoms with Crippen molar-refractivity contribution in [2.24, 2.45) is 5.10 Å². The van der Waals surface area contributed by atoms with Crippen LogP contribution in [0.3, 0.4) is 0 Å². The molecule has 3 aromatic rings. The maximum Gasteiger partial charge on any atom is 0.213 e. The molecule has 146 valence electrons. The van der Waals surface area contributed by atoms with Gasteiger partial charge in [-0.25, -0.2) is 5.01 Å². The summed E-state index contributed by atoms with van der Waals surface area (Å²) < 4.78 is 13.8. The molecule has 0 spiro atoms. The molecule has 2 aliphatic heterocycles. The molecule has 0 aliphatic carbocycles. The highest BCUT2D eigenvalue weighted by atomic mass is 79.9. The molecule has 4 nitrogen and oxygen atoms in total. The number of halogens is 2. The van der Waals surface area contributed by atoms with Crippen LogP contribution in [0.15, 0.2) is 80.8 Å². The van der Waals surface area contributed by atoms with Crippen LogP contribution in [0.2, 0.25) is 0 Å². The van der Waals surface area contributed by atoms with E-state index >= 15 is 0 Å². The number of hydrogen-bond donors (Lipinski definition) is 0. The minimum absolute atomic E-state index is 0.106. The standard InChI is InChI=1S/C23H18Br2N2O2/c1-28-17-9-7-15(8-10-17)23-27-21(13-20(26-27)14-5-3-2-4-6-14)18-11-16(24)12-19(25)22(18)29-23/h2-12,21,23H,13H2,1H3/t21-,23+/m1/s1. The molecular weight excluding hydrogens is 496 g/mol. The van der Waals surface area contributed by atoms with Crippen LogP contribution in [-0.2, 0) is 0 Å². The summed E-state index contributed by atoms with van der Waals surface area (Å²) in [6.07, 6.45) is 0.521. The van der Waals surface area contributed by atoms with Gasteiger partial charge in [-0.05, 0) is 57.9 Å². The fourth-order valence-electron chi connectivity index (χ4n) is 3.91. The molecule has 2 aliphatic rings. The van der Waals surface area contributed by atoms with Crippen molar-refractivity contribution in [3.63, 3.8) is 0 Å². The Hall–Kier alpha value is -2.31. The molecule has 2 atom stereocenters. The Labute approximate surface area is 186 Å². The summed E-state index contributed by atoms with van der Waals surface area (Å²) in [5.74, 6) is 1.70. The summed E-state index contributed by atoms with van der Waals surface area (Å²) in [5, 5.41) is 7.09. The molecule has 6 heteroatoms. The molecule has 0 N–H and O–H groups in total. The van der Waals surface area contributed by atoms with Gasteiger partial charge in [0.1, 0.15) is 11.5 Å². The second-order valence-corrected chi connectivity index (χ2v) is 8.83.